The Hall–Kier alpha value is -1.84. The van der Waals surface area contributed by atoms with E-state index in [1.807, 2.05) is 0 Å². The Bertz CT molecular complexity index is 549. The molecule has 16 heavy (non-hydrogen) atoms. The van der Waals surface area contributed by atoms with Crippen LogP contribution in [0.3, 0.4) is 0 Å². The molecule has 0 aliphatic heterocycles. The molecule has 84 valence electrons. The second-order valence-electron chi connectivity index (χ2n) is 4.14. The molecule has 0 fully saturated rings. The second kappa shape index (κ2) is 3.33. The third-order valence-corrected chi connectivity index (χ3v) is 2.46. The minimum Gasteiger partial charge on any atom is -0.478 e. The van der Waals surface area contributed by atoms with Crippen LogP contribution >= 0.6 is 0 Å². The van der Waals surface area contributed by atoms with Crippen molar-refractivity contribution in [3.05, 3.63) is 35.6 Å². The van der Waals surface area contributed by atoms with E-state index in [2.05, 4.69) is 0 Å². The van der Waals surface area contributed by atoms with Crippen LogP contribution in [0, 0.1) is 0 Å². The average Bonchev–Trinajstić information content (AvgIpc) is 2.58. The fraction of sp³-hybridized carbons (Fsp3) is 0.250. The Labute approximate surface area is 91.5 Å². The zero-order chi connectivity index (χ0) is 11.9. The van der Waals surface area contributed by atoms with Gasteiger partial charge in [-0.2, -0.15) is 0 Å². The van der Waals surface area contributed by atoms with Gasteiger partial charge in [-0.25, -0.2) is 9.18 Å². The summed E-state index contributed by atoms with van der Waals surface area (Å²) in [4.78, 5) is 10.8. The highest BCUT2D eigenvalue weighted by Gasteiger charge is 2.24. The molecule has 1 heterocycles. The van der Waals surface area contributed by atoms with Crippen molar-refractivity contribution in [3.8, 4) is 0 Å². The minimum atomic E-state index is -1.55. The molecule has 0 amide bonds. The van der Waals surface area contributed by atoms with Crippen LogP contribution in [0.15, 0.2) is 28.9 Å². The molecular formula is C12H11FO3. The first kappa shape index (κ1) is 10.7. The molecule has 0 aliphatic rings. The van der Waals surface area contributed by atoms with Crippen molar-refractivity contribution in [2.24, 2.45) is 0 Å². The van der Waals surface area contributed by atoms with E-state index in [1.165, 1.54) is 38.3 Å². The number of hydrogen-bond acceptors (Lipinski definition) is 2. The van der Waals surface area contributed by atoms with E-state index in [0.717, 1.165) is 0 Å². The van der Waals surface area contributed by atoms with Crippen molar-refractivity contribution in [1.82, 2.24) is 0 Å². The summed E-state index contributed by atoms with van der Waals surface area (Å²) < 4.78 is 19.0. The fourth-order valence-corrected chi connectivity index (χ4v) is 1.62. The molecule has 0 atom stereocenters. The van der Waals surface area contributed by atoms with E-state index >= 15 is 0 Å². The molecule has 0 bridgehead atoms. The van der Waals surface area contributed by atoms with Gasteiger partial charge >= 0.3 is 5.97 Å². The summed E-state index contributed by atoms with van der Waals surface area (Å²) in [5.74, 6) is -1.04. The molecule has 3 nitrogen and oxygen atoms in total. The lowest BCUT2D eigenvalue weighted by atomic mass is 9.98. The number of alkyl halides is 1. The van der Waals surface area contributed by atoms with Crippen molar-refractivity contribution in [1.29, 1.82) is 0 Å². The van der Waals surface area contributed by atoms with Crippen LogP contribution in [0.2, 0.25) is 0 Å². The van der Waals surface area contributed by atoms with E-state index in [9.17, 15) is 9.18 Å². The number of carboxylic acid groups (broad SMARTS) is 1. The van der Waals surface area contributed by atoms with Gasteiger partial charge in [-0.05, 0) is 32.0 Å². The third kappa shape index (κ3) is 1.66. The molecule has 0 radical (unpaired) electrons. The number of fused-ring (bicyclic) bond motifs is 1. The van der Waals surface area contributed by atoms with Gasteiger partial charge in [0.05, 0.1) is 11.8 Å². The van der Waals surface area contributed by atoms with Gasteiger partial charge in [0.2, 0.25) is 0 Å². The van der Waals surface area contributed by atoms with Crippen LogP contribution in [0.4, 0.5) is 4.39 Å². The quantitative estimate of drug-likeness (QED) is 0.847. The molecule has 2 aromatic rings. The Morgan fingerprint density at radius 2 is 2.12 bits per heavy atom. The van der Waals surface area contributed by atoms with E-state index in [-0.39, 0.29) is 5.56 Å². The summed E-state index contributed by atoms with van der Waals surface area (Å²) in [5.41, 5.74) is -0.571. The maximum absolute atomic E-state index is 13.8. The van der Waals surface area contributed by atoms with Gasteiger partial charge in [0.25, 0.3) is 0 Å². The highest BCUT2D eigenvalue weighted by Crippen LogP contribution is 2.33. The van der Waals surface area contributed by atoms with Crippen LogP contribution in [0.5, 0.6) is 0 Å². The van der Waals surface area contributed by atoms with Crippen molar-refractivity contribution in [3.63, 3.8) is 0 Å². The lowest BCUT2D eigenvalue weighted by Crippen LogP contribution is -2.08. The van der Waals surface area contributed by atoms with E-state index in [4.69, 9.17) is 9.52 Å². The predicted molar refractivity (Wildman–Crippen MR) is 57.3 cm³/mol. The van der Waals surface area contributed by atoms with Gasteiger partial charge in [0.1, 0.15) is 11.3 Å². The maximum atomic E-state index is 13.8. The van der Waals surface area contributed by atoms with E-state index in [0.29, 0.717) is 16.5 Å². The van der Waals surface area contributed by atoms with Crippen molar-refractivity contribution in [2.45, 2.75) is 19.5 Å². The molecule has 0 saturated heterocycles. The molecule has 0 unspecified atom stereocenters. The topological polar surface area (TPSA) is 50.4 Å². The number of furan rings is 1. The monoisotopic (exact) mass is 222 g/mol. The Kier molecular flexibility index (Phi) is 2.22. The Morgan fingerprint density at radius 1 is 1.44 bits per heavy atom. The number of carbonyl (C=O) groups is 1. The molecule has 2 rings (SSSR count). The first-order chi connectivity index (χ1) is 7.39. The summed E-state index contributed by atoms with van der Waals surface area (Å²) >= 11 is 0. The van der Waals surface area contributed by atoms with Crippen molar-refractivity contribution >= 4 is 16.9 Å². The molecule has 1 aromatic heterocycles. The largest absolute Gasteiger partial charge is 0.478 e. The minimum absolute atomic E-state index is 0.124. The van der Waals surface area contributed by atoms with E-state index < -0.39 is 11.6 Å². The fourth-order valence-electron chi connectivity index (χ4n) is 1.62. The summed E-state index contributed by atoms with van der Waals surface area (Å²) in [6.07, 6.45) is 1.33. The Morgan fingerprint density at radius 3 is 2.69 bits per heavy atom. The second-order valence-corrected chi connectivity index (χ2v) is 4.14. The molecule has 1 aromatic carbocycles. The lowest BCUT2D eigenvalue weighted by molar-refractivity contribution is 0.0697. The number of halogens is 1. The summed E-state index contributed by atoms with van der Waals surface area (Å²) in [6.45, 7) is 2.81. The van der Waals surface area contributed by atoms with Gasteiger partial charge in [0.15, 0.2) is 0 Å². The highest BCUT2D eigenvalue weighted by molar-refractivity contribution is 5.94. The number of rotatable bonds is 2. The summed E-state index contributed by atoms with van der Waals surface area (Å²) in [7, 11) is 0. The van der Waals surface area contributed by atoms with Crippen LogP contribution in [0.25, 0.3) is 11.0 Å². The SMILES string of the molecule is CC(C)(F)c1coc2ccc(C(=O)O)cc12. The zero-order valence-electron chi connectivity index (χ0n) is 8.95. The van der Waals surface area contributed by atoms with Gasteiger partial charge in [-0.3, -0.25) is 0 Å². The first-order valence-electron chi connectivity index (χ1n) is 4.83. The van der Waals surface area contributed by atoms with Crippen LogP contribution in [-0.4, -0.2) is 11.1 Å². The van der Waals surface area contributed by atoms with Gasteiger partial charge < -0.3 is 9.52 Å². The highest BCUT2D eigenvalue weighted by atomic mass is 19.1. The average molecular weight is 222 g/mol. The molecule has 1 N–H and O–H groups in total. The molecular weight excluding hydrogens is 211 g/mol. The van der Waals surface area contributed by atoms with Crippen LogP contribution in [0.1, 0.15) is 29.8 Å². The van der Waals surface area contributed by atoms with Crippen LogP contribution < -0.4 is 0 Å². The number of hydrogen-bond donors (Lipinski definition) is 1. The molecule has 4 heteroatoms. The van der Waals surface area contributed by atoms with Crippen molar-refractivity contribution in [2.75, 3.05) is 0 Å². The molecule has 0 saturated carbocycles. The van der Waals surface area contributed by atoms with Crippen molar-refractivity contribution < 1.29 is 18.7 Å². The Balaban J connectivity index is 2.70. The van der Waals surface area contributed by atoms with Gasteiger partial charge in [-0.15, -0.1) is 0 Å². The van der Waals surface area contributed by atoms with E-state index in [1.54, 1.807) is 0 Å². The third-order valence-electron chi connectivity index (χ3n) is 2.46. The standard InChI is InChI=1S/C12H11FO3/c1-12(2,13)9-6-16-10-4-3-7(11(14)15)5-8(9)10/h3-6H,1-2H3,(H,14,15). The number of carboxylic acids is 1. The van der Waals surface area contributed by atoms with Gasteiger partial charge in [-0.1, -0.05) is 0 Å². The first-order valence-corrected chi connectivity index (χ1v) is 4.83. The summed E-state index contributed by atoms with van der Waals surface area (Å²) in [5, 5.41) is 9.36. The zero-order valence-corrected chi connectivity index (χ0v) is 8.95. The molecule has 0 aliphatic carbocycles. The predicted octanol–water partition coefficient (Wildman–Crippen LogP) is 3.34. The van der Waals surface area contributed by atoms with Crippen LogP contribution in [-0.2, 0) is 5.67 Å². The molecule has 0 spiro atoms. The lowest BCUT2D eigenvalue weighted by Gasteiger charge is -2.11. The number of aromatic carboxylic acids is 1. The smallest absolute Gasteiger partial charge is 0.335 e. The normalized spacial score (nSPS) is 11.9. The number of benzene rings is 1. The van der Waals surface area contributed by atoms with Gasteiger partial charge in [0, 0.05) is 10.9 Å². The summed E-state index contributed by atoms with van der Waals surface area (Å²) in [6, 6.07) is 4.40. The maximum Gasteiger partial charge on any atom is 0.335 e.